The predicted molar refractivity (Wildman–Crippen MR) is 139 cm³/mol. The quantitative estimate of drug-likeness (QED) is 0.305. The highest BCUT2D eigenvalue weighted by atomic mass is 79.9. The Morgan fingerprint density at radius 1 is 1.06 bits per heavy atom. The van der Waals surface area contributed by atoms with Gasteiger partial charge >= 0.3 is 0 Å². The van der Waals surface area contributed by atoms with Crippen molar-refractivity contribution in [2.45, 2.75) is 39.0 Å². The zero-order valence-electron chi connectivity index (χ0n) is 20.4. The van der Waals surface area contributed by atoms with Gasteiger partial charge in [0.15, 0.2) is 0 Å². The predicted octanol–water partition coefficient (Wildman–Crippen LogP) is 5.54. The number of amides is 1. The van der Waals surface area contributed by atoms with Crippen LogP contribution in [0.25, 0.3) is 10.9 Å². The summed E-state index contributed by atoms with van der Waals surface area (Å²) in [7, 11) is 1.46. The number of pyridine rings is 1. The average molecular weight is 552 g/mol. The molecule has 2 aromatic heterocycles. The molecule has 2 aromatic carbocycles. The number of ether oxygens (including phenoxy) is 2. The molecule has 9 heteroatoms. The van der Waals surface area contributed by atoms with Gasteiger partial charge in [-0.05, 0) is 29.8 Å². The summed E-state index contributed by atoms with van der Waals surface area (Å²) in [5.41, 5.74) is 7.62. The van der Waals surface area contributed by atoms with Crippen LogP contribution in [-0.2, 0) is 23.1 Å². The molecular weight excluding hydrogens is 526 g/mol. The smallest absolute Gasteiger partial charge is 0.252 e. The molecular formula is C27H26BrN3O5. The van der Waals surface area contributed by atoms with Crippen LogP contribution in [0.15, 0.2) is 57.7 Å². The largest absolute Gasteiger partial charge is 0.496 e. The van der Waals surface area contributed by atoms with E-state index in [0.717, 1.165) is 15.8 Å². The molecule has 1 amide bonds. The summed E-state index contributed by atoms with van der Waals surface area (Å²) < 4.78 is 17.5. The molecule has 186 valence electrons. The molecule has 0 saturated heterocycles. The summed E-state index contributed by atoms with van der Waals surface area (Å²) in [6.07, 6.45) is 2.04. The Bertz CT molecular complexity index is 1460. The van der Waals surface area contributed by atoms with Gasteiger partial charge in [0, 0.05) is 40.0 Å². The van der Waals surface area contributed by atoms with E-state index >= 15 is 0 Å². The monoisotopic (exact) mass is 551 g/mol. The van der Waals surface area contributed by atoms with E-state index in [0.29, 0.717) is 33.8 Å². The van der Waals surface area contributed by atoms with Gasteiger partial charge in [-0.25, -0.2) is 0 Å². The molecule has 2 N–H and O–H groups in total. The van der Waals surface area contributed by atoms with Gasteiger partial charge in [0.1, 0.15) is 28.8 Å². The van der Waals surface area contributed by atoms with Crippen molar-refractivity contribution in [3.63, 3.8) is 0 Å². The number of fused-ring (bicyclic) bond motifs is 1. The number of benzene rings is 2. The fraction of sp³-hybridized carbons (Fsp3) is 0.259. The Morgan fingerprint density at radius 3 is 2.47 bits per heavy atom. The molecule has 0 aliphatic rings. The number of ketones is 1. The zero-order chi connectivity index (χ0) is 26.0. The van der Waals surface area contributed by atoms with Crippen LogP contribution >= 0.6 is 15.9 Å². The van der Waals surface area contributed by atoms with Crippen molar-refractivity contribution in [2.24, 2.45) is 5.73 Å². The number of nitrogens with two attached hydrogens (primary N) is 1. The van der Waals surface area contributed by atoms with Crippen molar-refractivity contribution in [1.29, 1.82) is 0 Å². The van der Waals surface area contributed by atoms with Gasteiger partial charge in [-0.1, -0.05) is 47.9 Å². The van der Waals surface area contributed by atoms with Crippen LogP contribution < -0.4 is 15.2 Å². The SMILES string of the molecule is COc1cc2nccc(Oc3ccc(CC(=O)Cc4cc(C(C)(C)C)on4)c(Br)c3)c2cc1C(N)=O. The summed E-state index contributed by atoms with van der Waals surface area (Å²) >= 11 is 3.55. The summed E-state index contributed by atoms with van der Waals surface area (Å²) in [6, 6.07) is 12.2. The summed E-state index contributed by atoms with van der Waals surface area (Å²) in [5.74, 6) is 1.55. The number of methoxy groups -OCH3 is 1. The number of carbonyl (C=O) groups is 2. The third-order valence-corrected chi connectivity index (χ3v) is 6.34. The van der Waals surface area contributed by atoms with E-state index in [1.807, 2.05) is 32.9 Å². The van der Waals surface area contributed by atoms with E-state index in [-0.39, 0.29) is 29.6 Å². The van der Waals surface area contributed by atoms with Crippen LogP contribution in [0, 0.1) is 0 Å². The molecule has 2 heterocycles. The van der Waals surface area contributed by atoms with E-state index < -0.39 is 5.91 Å². The topological polar surface area (TPSA) is 118 Å². The van der Waals surface area contributed by atoms with E-state index in [9.17, 15) is 9.59 Å². The normalized spacial score (nSPS) is 11.5. The molecule has 0 aliphatic heterocycles. The van der Waals surface area contributed by atoms with Gasteiger partial charge < -0.3 is 19.7 Å². The van der Waals surface area contributed by atoms with Gasteiger partial charge in [-0.2, -0.15) is 0 Å². The fourth-order valence-corrected chi connectivity index (χ4v) is 4.18. The van der Waals surface area contributed by atoms with Crippen molar-refractivity contribution in [2.75, 3.05) is 7.11 Å². The van der Waals surface area contributed by atoms with E-state index in [1.54, 1.807) is 36.5 Å². The van der Waals surface area contributed by atoms with Gasteiger partial charge in [-0.3, -0.25) is 14.6 Å². The number of nitrogens with zero attached hydrogens (tertiary/aromatic N) is 2. The average Bonchev–Trinajstić information content (AvgIpc) is 3.29. The summed E-state index contributed by atoms with van der Waals surface area (Å²) in [5, 5.41) is 4.65. The van der Waals surface area contributed by atoms with Crippen molar-refractivity contribution in [3.05, 3.63) is 75.7 Å². The molecule has 4 rings (SSSR count). The maximum absolute atomic E-state index is 12.7. The third kappa shape index (κ3) is 5.57. The Labute approximate surface area is 216 Å². The van der Waals surface area contributed by atoms with Crippen LogP contribution in [-0.4, -0.2) is 28.9 Å². The van der Waals surface area contributed by atoms with Crippen molar-refractivity contribution >= 4 is 38.5 Å². The molecule has 0 spiro atoms. The minimum atomic E-state index is -0.611. The third-order valence-electron chi connectivity index (χ3n) is 5.60. The number of rotatable bonds is 8. The van der Waals surface area contributed by atoms with Crippen LogP contribution in [0.2, 0.25) is 0 Å². The molecule has 0 bridgehead atoms. The molecule has 0 radical (unpaired) electrons. The Hall–Kier alpha value is -3.72. The van der Waals surface area contributed by atoms with E-state index in [2.05, 4.69) is 26.1 Å². The summed E-state index contributed by atoms with van der Waals surface area (Å²) in [6.45, 7) is 6.09. The highest BCUT2D eigenvalue weighted by molar-refractivity contribution is 9.10. The zero-order valence-corrected chi connectivity index (χ0v) is 22.0. The van der Waals surface area contributed by atoms with Gasteiger partial charge in [0.25, 0.3) is 5.91 Å². The van der Waals surface area contributed by atoms with Gasteiger partial charge in [0.05, 0.1) is 30.3 Å². The molecule has 0 saturated carbocycles. The first-order valence-corrected chi connectivity index (χ1v) is 12.0. The molecule has 36 heavy (non-hydrogen) atoms. The molecule has 0 unspecified atom stereocenters. The van der Waals surface area contributed by atoms with E-state index in [1.165, 1.54) is 7.11 Å². The first-order valence-electron chi connectivity index (χ1n) is 11.3. The second-order valence-corrected chi connectivity index (χ2v) is 10.3. The lowest BCUT2D eigenvalue weighted by molar-refractivity contribution is -0.117. The molecule has 0 aliphatic carbocycles. The van der Waals surface area contributed by atoms with Gasteiger partial charge in [0.2, 0.25) is 0 Å². The lowest BCUT2D eigenvalue weighted by Crippen LogP contribution is -2.12. The summed E-state index contributed by atoms with van der Waals surface area (Å²) in [4.78, 5) is 28.9. The number of hydrogen-bond acceptors (Lipinski definition) is 7. The minimum absolute atomic E-state index is 0.0196. The maximum atomic E-state index is 12.7. The molecule has 4 aromatic rings. The Morgan fingerprint density at radius 2 is 1.83 bits per heavy atom. The van der Waals surface area contributed by atoms with E-state index in [4.69, 9.17) is 19.7 Å². The van der Waals surface area contributed by atoms with Gasteiger partial charge in [-0.15, -0.1) is 0 Å². The number of carbonyl (C=O) groups excluding carboxylic acids is 2. The lowest BCUT2D eigenvalue weighted by atomic mass is 9.93. The number of hydrogen-bond donors (Lipinski definition) is 1. The van der Waals surface area contributed by atoms with Crippen molar-refractivity contribution in [3.8, 4) is 17.2 Å². The van der Waals surface area contributed by atoms with Crippen molar-refractivity contribution in [1.82, 2.24) is 10.1 Å². The minimum Gasteiger partial charge on any atom is -0.496 e. The molecule has 8 nitrogen and oxygen atoms in total. The number of Topliss-reactive ketones (excluding diaryl/α,β-unsaturated/α-hetero) is 1. The maximum Gasteiger partial charge on any atom is 0.252 e. The number of primary amides is 1. The number of halogens is 1. The Kier molecular flexibility index (Phi) is 7.12. The molecule has 0 atom stereocenters. The Balaban J connectivity index is 1.51. The first-order chi connectivity index (χ1) is 17.0. The van der Waals surface area contributed by atoms with Crippen molar-refractivity contribution < 1.29 is 23.6 Å². The van der Waals surface area contributed by atoms with Crippen LogP contribution in [0.4, 0.5) is 0 Å². The van der Waals surface area contributed by atoms with Crippen LogP contribution in [0.3, 0.4) is 0 Å². The number of aromatic nitrogens is 2. The highest BCUT2D eigenvalue weighted by Gasteiger charge is 2.21. The standard InChI is InChI=1S/C27H26BrN3O5/c1-27(2,3)25-11-16(31-36-25)10-17(32)9-15-5-6-18(12-21(15)28)35-23-7-8-30-22-14-24(34-4)20(26(29)33)13-19(22)23/h5-8,11-14H,9-10H2,1-4H3,(H2,29,33). The van der Waals surface area contributed by atoms with Crippen LogP contribution in [0.5, 0.6) is 17.2 Å². The van der Waals surface area contributed by atoms with Crippen LogP contribution in [0.1, 0.15) is 48.1 Å². The molecule has 0 fully saturated rings. The first kappa shape index (κ1) is 25.4. The second-order valence-electron chi connectivity index (χ2n) is 9.42. The fourth-order valence-electron chi connectivity index (χ4n) is 3.69. The highest BCUT2D eigenvalue weighted by Crippen LogP contribution is 2.34. The second kappa shape index (κ2) is 10.1. The lowest BCUT2D eigenvalue weighted by Gasteiger charge is -2.13.